The van der Waals surface area contributed by atoms with E-state index in [1.165, 1.54) is 12.8 Å². The van der Waals surface area contributed by atoms with Crippen molar-refractivity contribution in [1.82, 2.24) is 0 Å². The minimum atomic E-state index is 0. The number of rotatable bonds is 0. The molecule has 0 radical (unpaired) electrons. The maximum absolute atomic E-state index is 5.80. The summed E-state index contributed by atoms with van der Waals surface area (Å²) in [6, 6.07) is 0. The summed E-state index contributed by atoms with van der Waals surface area (Å²) in [5.74, 6) is 0. The second-order valence-electron chi connectivity index (χ2n) is 4.17. The molecule has 1 nitrogen and oxygen atoms in total. The molecule has 0 saturated heterocycles. The largest absolute Gasteiger partial charge is 0.325 e. The fourth-order valence-corrected chi connectivity index (χ4v) is 2.13. The molecule has 0 aromatic rings. The highest BCUT2D eigenvalue weighted by Crippen LogP contribution is 2.45. The van der Waals surface area contributed by atoms with Crippen LogP contribution < -0.4 is 5.73 Å². The second-order valence-corrected chi connectivity index (χ2v) is 4.17. The van der Waals surface area contributed by atoms with Crippen LogP contribution in [-0.2, 0) is 0 Å². The van der Waals surface area contributed by atoms with Crippen LogP contribution in [0.5, 0.6) is 0 Å². The maximum atomic E-state index is 5.80. The van der Waals surface area contributed by atoms with E-state index in [9.17, 15) is 0 Å². The molecule has 1 aliphatic carbocycles. The van der Waals surface area contributed by atoms with Crippen molar-refractivity contribution in [2.24, 2.45) is 11.1 Å². The van der Waals surface area contributed by atoms with Gasteiger partial charge in [-0.25, -0.2) is 0 Å². The van der Waals surface area contributed by atoms with Gasteiger partial charge in [0.25, 0.3) is 0 Å². The predicted molar refractivity (Wildman–Crippen MR) is 42.9 cm³/mol. The van der Waals surface area contributed by atoms with Crippen molar-refractivity contribution in [2.75, 3.05) is 0 Å². The van der Waals surface area contributed by atoms with Gasteiger partial charge in [-0.15, -0.1) is 12.4 Å². The van der Waals surface area contributed by atoms with Gasteiger partial charge >= 0.3 is 0 Å². The highest BCUT2D eigenvalue weighted by molar-refractivity contribution is 5.85. The van der Waals surface area contributed by atoms with Crippen LogP contribution in [0.2, 0.25) is 0 Å². The molecule has 0 aliphatic heterocycles. The van der Waals surface area contributed by atoms with Crippen LogP contribution in [0, 0.1) is 5.41 Å². The first-order valence-electron chi connectivity index (χ1n) is 3.20. The highest BCUT2D eigenvalue weighted by atomic mass is 35.5. The Bertz CT molecular complexity index is 85.5. The van der Waals surface area contributed by atoms with E-state index in [1.807, 2.05) is 0 Å². The average Bonchev–Trinajstić information content (AvgIpc) is 1.20. The van der Waals surface area contributed by atoms with Gasteiger partial charge in [-0.2, -0.15) is 0 Å². The lowest BCUT2D eigenvalue weighted by atomic mass is 9.61. The second kappa shape index (κ2) is 2.14. The SMILES string of the molecule is CC1(C)CC(C)(N)C1.Cl. The summed E-state index contributed by atoms with van der Waals surface area (Å²) in [6.45, 7) is 6.65. The fourth-order valence-electron chi connectivity index (χ4n) is 2.13. The van der Waals surface area contributed by atoms with Crippen molar-refractivity contribution in [3.63, 3.8) is 0 Å². The molecule has 0 bridgehead atoms. The van der Waals surface area contributed by atoms with Gasteiger partial charge < -0.3 is 5.73 Å². The third-order valence-electron chi connectivity index (χ3n) is 1.76. The Kier molecular flexibility index (Phi) is 2.19. The molecule has 0 unspecified atom stereocenters. The van der Waals surface area contributed by atoms with Crippen molar-refractivity contribution in [1.29, 1.82) is 0 Å². The number of hydrogen-bond acceptors (Lipinski definition) is 1. The van der Waals surface area contributed by atoms with E-state index in [0.29, 0.717) is 5.41 Å². The van der Waals surface area contributed by atoms with E-state index in [1.54, 1.807) is 0 Å². The van der Waals surface area contributed by atoms with Gasteiger partial charge in [0.05, 0.1) is 0 Å². The zero-order chi connectivity index (χ0) is 6.41. The van der Waals surface area contributed by atoms with E-state index >= 15 is 0 Å². The van der Waals surface area contributed by atoms with Crippen LogP contribution in [0.15, 0.2) is 0 Å². The third-order valence-corrected chi connectivity index (χ3v) is 1.76. The molecule has 0 amide bonds. The summed E-state index contributed by atoms with van der Waals surface area (Å²) < 4.78 is 0. The summed E-state index contributed by atoms with van der Waals surface area (Å²) in [6.07, 6.45) is 2.36. The molecule has 2 N–H and O–H groups in total. The van der Waals surface area contributed by atoms with Crippen LogP contribution >= 0.6 is 12.4 Å². The van der Waals surface area contributed by atoms with Crippen LogP contribution in [-0.4, -0.2) is 5.54 Å². The zero-order valence-electron chi connectivity index (χ0n) is 6.40. The van der Waals surface area contributed by atoms with Gasteiger partial charge in [-0.05, 0) is 25.2 Å². The van der Waals surface area contributed by atoms with Crippen LogP contribution in [0.4, 0.5) is 0 Å². The van der Waals surface area contributed by atoms with Gasteiger partial charge in [0.2, 0.25) is 0 Å². The average molecular weight is 150 g/mol. The summed E-state index contributed by atoms with van der Waals surface area (Å²) in [4.78, 5) is 0. The molecule has 0 atom stereocenters. The minimum Gasteiger partial charge on any atom is -0.325 e. The zero-order valence-corrected chi connectivity index (χ0v) is 7.22. The van der Waals surface area contributed by atoms with Crippen molar-refractivity contribution in [3.8, 4) is 0 Å². The molecule has 0 aromatic carbocycles. The van der Waals surface area contributed by atoms with E-state index in [0.717, 1.165) is 0 Å². The molecule has 2 heteroatoms. The first kappa shape index (κ1) is 9.25. The van der Waals surface area contributed by atoms with Crippen molar-refractivity contribution in [2.45, 2.75) is 39.2 Å². The van der Waals surface area contributed by atoms with E-state index < -0.39 is 0 Å². The predicted octanol–water partition coefficient (Wildman–Crippen LogP) is 1.95. The molecule has 0 aromatic heterocycles. The molecule has 1 fully saturated rings. The summed E-state index contributed by atoms with van der Waals surface area (Å²) in [5.41, 5.74) is 6.48. The highest BCUT2D eigenvalue weighted by Gasteiger charge is 2.42. The lowest BCUT2D eigenvalue weighted by Crippen LogP contribution is -2.53. The van der Waals surface area contributed by atoms with Gasteiger partial charge in [0.15, 0.2) is 0 Å². The Morgan fingerprint density at radius 1 is 1.11 bits per heavy atom. The van der Waals surface area contributed by atoms with Gasteiger partial charge in [-0.1, -0.05) is 13.8 Å². The third kappa shape index (κ3) is 2.15. The Hall–Kier alpha value is 0.250. The Morgan fingerprint density at radius 3 is 1.44 bits per heavy atom. The van der Waals surface area contributed by atoms with E-state index in [2.05, 4.69) is 20.8 Å². The number of hydrogen-bond donors (Lipinski definition) is 1. The lowest BCUT2D eigenvalue weighted by Gasteiger charge is -2.48. The standard InChI is InChI=1S/C7H15N.ClH/c1-6(2)4-7(3,8)5-6;/h4-5,8H2,1-3H3;1H. The normalized spacial score (nSPS) is 28.0. The van der Waals surface area contributed by atoms with Crippen LogP contribution in [0.25, 0.3) is 0 Å². The maximum Gasteiger partial charge on any atom is 0.0136 e. The number of nitrogens with two attached hydrogens (primary N) is 1. The topological polar surface area (TPSA) is 26.0 Å². The molecule has 0 spiro atoms. The Labute approximate surface area is 63.4 Å². The van der Waals surface area contributed by atoms with Crippen molar-refractivity contribution >= 4 is 12.4 Å². The quantitative estimate of drug-likeness (QED) is 0.560. The summed E-state index contributed by atoms with van der Waals surface area (Å²) in [5, 5.41) is 0. The molecular formula is C7H16ClN. The lowest BCUT2D eigenvalue weighted by molar-refractivity contribution is 0.0786. The van der Waals surface area contributed by atoms with Gasteiger partial charge in [0, 0.05) is 5.54 Å². The fraction of sp³-hybridized carbons (Fsp3) is 1.00. The molecule has 1 saturated carbocycles. The first-order valence-corrected chi connectivity index (χ1v) is 3.20. The minimum absolute atomic E-state index is 0. The van der Waals surface area contributed by atoms with E-state index in [4.69, 9.17) is 5.73 Å². The molecule has 56 valence electrons. The van der Waals surface area contributed by atoms with Gasteiger partial charge in [-0.3, -0.25) is 0 Å². The van der Waals surface area contributed by atoms with Crippen LogP contribution in [0.1, 0.15) is 33.6 Å². The Morgan fingerprint density at radius 2 is 1.44 bits per heavy atom. The monoisotopic (exact) mass is 149 g/mol. The number of halogens is 1. The smallest absolute Gasteiger partial charge is 0.0136 e. The molecule has 1 rings (SSSR count). The Balaban J connectivity index is 0.000000640. The van der Waals surface area contributed by atoms with Gasteiger partial charge in [0.1, 0.15) is 0 Å². The molecule has 9 heavy (non-hydrogen) atoms. The summed E-state index contributed by atoms with van der Waals surface area (Å²) >= 11 is 0. The van der Waals surface area contributed by atoms with Crippen molar-refractivity contribution in [3.05, 3.63) is 0 Å². The van der Waals surface area contributed by atoms with Crippen molar-refractivity contribution < 1.29 is 0 Å². The molecular weight excluding hydrogens is 134 g/mol. The van der Waals surface area contributed by atoms with Crippen LogP contribution in [0.3, 0.4) is 0 Å². The molecule has 1 aliphatic rings. The molecule has 0 heterocycles. The summed E-state index contributed by atoms with van der Waals surface area (Å²) in [7, 11) is 0. The van der Waals surface area contributed by atoms with E-state index in [-0.39, 0.29) is 17.9 Å². The first-order chi connectivity index (χ1) is 3.41.